The van der Waals surface area contributed by atoms with Crippen molar-refractivity contribution in [3.8, 4) is 17.0 Å². The molecular weight excluding hydrogens is 554 g/mol. The minimum atomic E-state index is -0.551. The Morgan fingerprint density at radius 3 is 2.70 bits per heavy atom. The normalized spacial score (nSPS) is 17.2. The lowest BCUT2D eigenvalue weighted by molar-refractivity contribution is 0.0273. The maximum Gasteiger partial charge on any atom is 0.410 e. The van der Waals surface area contributed by atoms with Crippen molar-refractivity contribution in [2.24, 2.45) is 0 Å². The second kappa shape index (κ2) is 10.8. The first-order valence-corrected chi connectivity index (χ1v) is 15.4. The minimum absolute atomic E-state index is 0.0596. The molecule has 2 aliphatic heterocycles. The Balaban J connectivity index is 1.20. The highest BCUT2D eigenvalue weighted by atomic mass is 16.6. The molecule has 3 aliphatic rings. The fourth-order valence-electron chi connectivity index (χ4n) is 6.15. The molecule has 226 valence electrons. The lowest BCUT2D eigenvalue weighted by Gasteiger charge is -2.30. The number of nitrogens with one attached hydrogen (secondary N) is 1. The molecule has 0 bridgehead atoms. The first kappa shape index (κ1) is 28.1. The predicted molar refractivity (Wildman–Crippen MR) is 170 cm³/mol. The number of carbonyl (C=O) groups is 2. The molecule has 9 nitrogen and oxygen atoms in total. The topological polar surface area (TPSA) is 101 Å². The van der Waals surface area contributed by atoms with E-state index in [1.807, 2.05) is 62.9 Å². The molecule has 2 amide bonds. The number of aromatic nitrogens is 3. The van der Waals surface area contributed by atoms with E-state index in [0.29, 0.717) is 49.1 Å². The van der Waals surface area contributed by atoms with Crippen LogP contribution in [-0.2, 0) is 4.74 Å². The first-order valence-electron chi connectivity index (χ1n) is 15.4. The summed E-state index contributed by atoms with van der Waals surface area (Å²) in [6.45, 7) is 9.59. The number of H-pyrrole nitrogens is 1. The molecule has 0 saturated heterocycles. The molecule has 4 aromatic rings. The summed E-state index contributed by atoms with van der Waals surface area (Å²) in [4.78, 5) is 42.8. The van der Waals surface area contributed by atoms with Crippen LogP contribution in [0.25, 0.3) is 27.9 Å². The molecule has 7 rings (SSSR count). The van der Waals surface area contributed by atoms with Gasteiger partial charge in [0.2, 0.25) is 0 Å². The first-order chi connectivity index (χ1) is 21.2. The smallest absolute Gasteiger partial charge is 0.410 e. The van der Waals surface area contributed by atoms with Crippen LogP contribution in [0.3, 0.4) is 0 Å². The number of hydrogen-bond donors (Lipinski definition) is 1. The SMILES string of the molecule is Cc1c(-c2ncnc3[nH]c(C4=CCCN(C(=O)OC(C)(C)C)C4)cc23)cccc1N1CCOc2cc(C3CC3)ccc2C1=O. The van der Waals surface area contributed by atoms with Crippen molar-refractivity contribution in [1.82, 2.24) is 19.9 Å². The van der Waals surface area contributed by atoms with Crippen LogP contribution in [0.4, 0.5) is 10.5 Å². The second-order valence-corrected chi connectivity index (χ2v) is 12.9. The number of carbonyl (C=O) groups excluding carboxylic acids is 2. The summed E-state index contributed by atoms with van der Waals surface area (Å²) in [5.41, 5.74) is 7.41. The average molecular weight is 592 g/mol. The van der Waals surface area contributed by atoms with Crippen LogP contribution in [0.2, 0.25) is 0 Å². The molecule has 44 heavy (non-hydrogen) atoms. The monoisotopic (exact) mass is 591 g/mol. The molecule has 2 aromatic carbocycles. The van der Waals surface area contributed by atoms with Crippen molar-refractivity contribution in [3.05, 3.63) is 77.3 Å². The van der Waals surface area contributed by atoms with Gasteiger partial charge in [0.15, 0.2) is 0 Å². The maximum atomic E-state index is 13.8. The highest BCUT2D eigenvalue weighted by molar-refractivity contribution is 6.09. The summed E-state index contributed by atoms with van der Waals surface area (Å²) in [6.07, 6.45) is 6.54. The molecule has 4 heterocycles. The number of hydrogen-bond acceptors (Lipinski definition) is 6. The van der Waals surface area contributed by atoms with E-state index in [-0.39, 0.29) is 12.0 Å². The van der Waals surface area contributed by atoms with E-state index in [2.05, 4.69) is 28.2 Å². The number of fused-ring (bicyclic) bond motifs is 2. The number of anilines is 1. The van der Waals surface area contributed by atoms with Gasteiger partial charge in [0.1, 0.15) is 29.9 Å². The standard InChI is InChI=1S/C35H37N5O4/c1-21-25(8-5-9-29(21)40-15-16-43-30-17-23(22-10-11-22)12-13-26(30)33(40)41)31-27-18-28(38-32(27)37-20-36-31)24-7-6-14-39(19-24)34(42)44-35(2,3)4/h5,7-9,12-13,17-18,20,22H,6,10-11,14-16,19H2,1-4H3,(H,36,37,38). The third-order valence-electron chi connectivity index (χ3n) is 8.53. The fraction of sp³-hybridized carbons (Fsp3) is 0.371. The van der Waals surface area contributed by atoms with Gasteiger partial charge < -0.3 is 24.3 Å². The summed E-state index contributed by atoms with van der Waals surface area (Å²) in [5, 5.41) is 0.876. The molecular formula is C35H37N5O4. The Kier molecular flexibility index (Phi) is 6.91. The van der Waals surface area contributed by atoms with Gasteiger partial charge in [0.25, 0.3) is 5.91 Å². The van der Waals surface area contributed by atoms with E-state index in [1.54, 1.807) is 11.2 Å². The van der Waals surface area contributed by atoms with Crippen LogP contribution in [0.15, 0.2) is 54.9 Å². The lowest BCUT2D eigenvalue weighted by atomic mass is 9.99. The Labute approximate surface area is 256 Å². The molecule has 2 aromatic heterocycles. The van der Waals surface area contributed by atoms with Gasteiger partial charge in [-0.25, -0.2) is 14.8 Å². The van der Waals surface area contributed by atoms with Gasteiger partial charge in [-0.3, -0.25) is 4.79 Å². The van der Waals surface area contributed by atoms with Crippen molar-refractivity contribution in [2.45, 2.75) is 58.5 Å². The molecule has 1 aliphatic carbocycles. The highest BCUT2D eigenvalue weighted by Crippen LogP contribution is 2.42. The van der Waals surface area contributed by atoms with Crippen molar-refractivity contribution >= 4 is 34.3 Å². The van der Waals surface area contributed by atoms with Crippen LogP contribution < -0.4 is 9.64 Å². The Hall–Kier alpha value is -4.66. The molecule has 0 radical (unpaired) electrons. The van der Waals surface area contributed by atoms with Crippen molar-refractivity contribution in [1.29, 1.82) is 0 Å². The van der Waals surface area contributed by atoms with E-state index < -0.39 is 5.60 Å². The molecule has 0 spiro atoms. The third kappa shape index (κ3) is 5.31. The summed E-state index contributed by atoms with van der Waals surface area (Å²) in [5.74, 6) is 1.21. The van der Waals surface area contributed by atoms with E-state index in [9.17, 15) is 9.59 Å². The van der Waals surface area contributed by atoms with Gasteiger partial charge in [0, 0.05) is 28.9 Å². The number of rotatable bonds is 4. The van der Waals surface area contributed by atoms with Gasteiger partial charge in [-0.05, 0) is 93.8 Å². The van der Waals surface area contributed by atoms with E-state index >= 15 is 0 Å². The quantitative estimate of drug-likeness (QED) is 0.278. The van der Waals surface area contributed by atoms with Crippen LogP contribution in [0.1, 0.15) is 73.1 Å². The van der Waals surface area contributed by atoms with E-state index in [1.165, 1.54) is 18.4 Å². The molecule has 1 N–H and O–H groups in total. The van der Waals surface area contributed by atoms with Gasteiger partial charge in [-0.15, -0.1) is 0 Å². The van der Waals surface area contributed by atoms with Crippen molar-refractivity contribution in [2.75, 3.05) is 31.1 Å². The molecule has 1 fully saturated rings. The number of benzene rings is 2. The molecule has 1 saturated carbocycles. The Morgan fingerprint density at radius 1 is 1.07 bits per heavy atom. The number of nitrogens with zero attached hydrogens (tertiary/aromatic N) is 4. The zero-order valence-corrected chi connectivity index (χ0v) is 25.6. The Morgan fingerprint density at radius 2 is 1.91 bits per heavy atom. The molecule has 0 atom stereocenters. The summed E-state index contributed by atoms with van der Waals surface area (Å²) in [6, 6.07) is 14.1. The van der Waals surface area contributed by atoms with Crippen LogP contribution in [0, 0.1) is 6.92 Å². The van der Waals surface area contributed by atoms with Gasteiger partial charge in [0.05, 0.1) is 24.3 Å². The second-order valence-electron chi connectivity index (χ2n) is 12.9. The lowest BCUT2D eigenvalue weighted by Crippen LogP contribution is -2.39. The largest absolute Gasteiger partial charge is 0.491 e. The summed E-state index contributed by atoms with van der Waals surface area (Å²) < 4.78 is 11.7. The third-order valence-corrected chi connectivity index (χ3v) is 8.53. The summed E-state index contributed by atoms with van der Waals surface area (Å²) in [7, 11) is 0. The summed E-state index contributed by atoms with van der Waals surface area (Å²) >= 11 is 0. The maximum absolute atomic E-state index is 13.8. The zero-order valence-electron chi connectivity index (χ0n) is 25.6. The van der Waals surface area contributed by atoms with Gasteiger partial charge in [-0.2, -0.15) is 0 Å². The number of amides is 2. The zero-order chi connectivity index (χ0) is 30.6. The number of ether oxygens (including phenoxy) is 2. The van der Waals surface area contributed by atoms with Crippen molar-refractivity contribution in [3.63, 3.8) is 0 Å². The van der Waals surface area contributed by atoms with Gasteiger partial charge >= 0.3 is 6.09 Å². The van der Waals surface area contributed by atoms with Gasteiger partial charge in [-0.1, -0.05) is 24.3 Å². The molecule has 0 unspecified atom stereocenters. The highest BCUT2D eigenvalue weighted by Gasteiger charge is 2.30. The van der Waals surface area contributed by atoms with Crippen molar-refractivity contribution < 1.29 is 19.1 Å². The fourth-order valence-corrected chi connectivity index (χ4v) is 6.15. The predicted octanol–water partition coefficient (Wildman–Crippen LogP) is 6.87. The average Bonchev–Trinajstić information content (AvgIpc) is 3.78. The van der Waals surface area contributed by atoms with Crippen LogP contribution >= 0.6 is 0 Å². The molecule has 9 heteroatoms. The minimum Gasteiger partial charge on any atom is -0.491 e. The van der Waals surface area contributed by atoms with Crippen LogP contribution in [-0.4, -0.2) is 63.7 Å². The Bertz CT molecular complexity index is 1810. The number of aromatic amines is 1. The van der Waals surface area contributed by atoms with E-state index in [4.69, 9.17) is 14.5 Å². The van der Waals surface area contributed by atoms with E-state index in [0.717, 1.165) is 45.6 Å². The van der Waals surface area contributed by atoms with Crippen LogP contribution in [0.5, 0.6) is 5.75 Å².